The maximum Gasteiger partial charge on any atom is 0.169 e. The van der Waals surface area contributed by atoms with Crippen molar-refractivity contribution in [2.45, 2.75) is 44.9 Å². The summed E-state index contributed by atoms with van der Waals surface area (Å²) in [5, 5.41) is 22.0. The van der Waals surface area contributed by atoms with Crippen LogP contribution in [0.5, 0.6) is 5.75 Å². The van der Waals surface area contributed by atoms with E-state index in [2.05, 4.69) is 25.3 Å². The lowest BCUT2D eigenvalue weighted by Gasteiger charge is -2.43. The standard InChI is InChI=1S/C21H28N6O2.C2H6/c22-21-19(9-18(24-25-21)17-3-1-2-4-20(17)28)26-11-14-5-6-15(12-26)27(14)13-16-10-23-7-8-29-16;1-2/h1-4,9,14-16,23,28H,5-8,10-13H2,(H2,22,25);1-2H3. The van der Waals surface area contributed by atoms with Gasteiger partial charge >= 0.3 is 0 Å². The maximum atomic E-state index is 10.2. The minimum atomic E-state index is 0.198. The van der Waals surface area contributed by atoms with Crippen LogP contribution in [0.25, 0.3) is 11.3 Å². The van der Waals surface area contributed by atoms with Gasteiger partial charge in [0, 0.05) is 50.4 Å². The number of phenolic OH excluding ortho intramolecular Hbond substituents is 1. The highest BCUT2D eigenvalue weighted by Crippen LogP contribution is 2.36. The minimum Gasteiger partial charge on any atom is -0.507 e. The molecule has 31 heavy (non-hydrogen) atoms. The summed E-state index contributed by atoms with van der Waals surface area (Å²) in [7, 11) is 0. The van der Waals surface area contributed by atoms with Crippen molar-refractivity contribution in [1.82, 2.24) is 20.4 Å². The number of hydrogen-bond donors (Lipinski definition) is 3. The Morgan fingerprint density at radius 3 is 2.58 bits per heavy atom. The third kappa shape index (κ3) is 4.61. The summed E-state index contributed by atoms with van der Waals surface area (Å²) in [6.07, 6.45) is 2.68. The molecule has 5 rings (SSSR count). The fourth-order valence-corrected chi connectivity index (χ4v) is 4.92. The zero-order chi connectivity index (χ0) is 21.8. The van der Waals surface area contributed by atoms with Crippen molar-refractivity contribution >= 4 is 11.5 Å². The van der Waals surface area contributed by atoms with Gasteiger partial charge in [-0.3, -0.25) is 4.90 Å². The topological polar surface area (TPSA) is 99.8 Å². The highest BCUT2D eigenvalue weighted by Gasteiger charge is 2.41. The monoisotopic (exact) mass is 426 g/mol. The van der Waals surface area contributed by atoms with Gasteiger partial charge in [0.2, 0.25) is 0 Å². The van der Waals surface area contributed by atoms with Gasteiger partial charge in [-0.25, -0.2) is 0 Å². The maximum absolute atomic E-state index is 10.2. The van der Waals surface area contributed by atoms with E-state index in [1.165, 1.54) is 12.8 Å². The highest BCUT2D eigenvalue weighted by molar-refractivity contribution is 5.74. The fourth-order valence-electron chi connectivity index (χ4n) is 4.92. The van der Waals surface area contributed by atoms with E-state index in [1.807, 2.05) is 32.0 Å². The van der Waals surface area contributed by atoms with Crippen LogP contribution >= 0.6 is 0 Å². The van der Waals surface area contributed by atoms with E-state index in [1.54, 1.807) is 12.1 Å². The summed E-state index contributed by atoms with van der Waals surface area (Å²) >= 11 is 0. The first kappa shape index (κ1) is 21.8. The molecule has 0 aliphatic carbocycles. The second kappa shape index (κ2) is 9.80. The number of para-hydroxylation sites is 1. The molecule has 8 nitrogen and oxygen atoms in total. The van der Waals surface area contributed by atoms with Gasteiger partial charge in [0.05, 0.1) is 24.1 Å². The number of piperazine rings is 1. The van der Waals surface area contributed by atoms with Crippen molar-refractivity contribution in [3.05, 3.63) is 30.3 Å². The number of anilines is 2. The summed E-state index contributed by atoms with van der Waals surface area (Å²) in [6, 6.07) is 10.1. The molecule has 1 aromatic carbocycles. The van der Waals surface area contributed by atoms with Crippen molar-refractivity contribution in [3.63, 3.8) is 0 Å². The molecule has 0 spiro atoms. The Kier molecular flexibility index (Phi) is 6.89. The number of nitrogen functional groups attached to an aromatic ring is 1. The number of hydrogen-bond acceptors (Lipinski definition) is 8. The number of benzene rings is 1. The Hall–Kier alpha value is -2.42. The molecule has 3 aliphatic heterocycles. The van der Waals surface area contributed by atoms with Gasteiger partial charge < -0.3 is 25.8 Å². The average Bonchev–Trinajstić information content (AvgIpc) is 3.03. The molecule has 2 bridgehead atoms. The summed E-state index contributed by atoms with van der Waals surface area (Å²) < 4.78 is 5.93. The largest absolute Gasteiger partial charge is 0.507 e. The number of aromatic hydroxyl groups is 1. The van der Waals surface area contributed by atoms with Crippen LogP contribution in [0, 0.1) is 0 Å². The number of ether oxygens (including phenoxy) is 1. The quantitative estimate of drug-likeness (QED) is 0.684. The van der Waals surface area contributed by atoms with E-state index in [0.29, 0.717) is 29.2 Å². The molecule has 4 N–H and O–H groups in total. The number of fused-ring (bicyclic) bond motifs is 2. The smallest absolute Gasteiger partial charge is 0.169 e. The Morgan fingerprint density at radius 2 is 1.90 bits per heavy atom. The molecule has 168 valence electrons. The molecule has 3 unspecified atom stereocenters. The van der Waals surface area contributed by atoms with E-state index in [9.17, 15) is 5.11 Å². The third-order valence-electron chi connectivity index (χ3n) is 6.37. The first-order chi connectivity index (χ1) is 15.2. The van der Waals surface area contributed by atoms with Crippen LogP contribution in [0.3, 0.4) is 0 Å². The molecule has 2 aromatic rings. The second-order valence-electron chi connectivity index (χ2n) is 8.20. The Labute approximate surface area is 184 Å². The van der Waals surface area contributed by atoms with Gasteiger partial charge in [0.1, 0.15) is 5.75 Å². The van der Waals surface area contributed by atoms with Crippen LogP contribution in [0.1, 0.15) is 26.7 Å². The van der Waals surface area contributed by atoms with Crippen LogP contribution < -0.4 is 16.0 Å². The molecule has 0 radical (unpaired) electrons. The molecule has 0 amide bonds. The molecular weight excluding hydrogens is 392 g/mol. The third-order valence-corrected chi connectivity index (χ3v) is 6.37. The molecule has 0 saturated carbocycles. The van der Waals surface area contributed by atoms with Gasteiger partial charge in [-0.15, -0.1) is 10.2 Å². The van der Waals surface area contributed by atoms with Crippen molar-refractivity contribution in [2.24, 2.45) is 0 Å². The van der Waals surface area contributed by atoms with Gasteiger partial charge in [-0.05, 0) is 31.0 Å². The van der Waals surface area contributed by atoms with Crippen LogP contribution in [0.15, 0.2) is 30.3 Å². The molecular formula is C23H34N6O2. The predicted molar refractivity (Wildman–Crippen MR) is 123 cm³/mol. The second-order valence-corrected chi connectivity index (χ2v) is 8.20. The van der Waals surface area contributed by atoms with E-state index >= 15 is 0 Å². The number of nitrogens with one attached hydrogen (secondary N) is 1. The zero-order valence-corrected chi connectivity index (χ0v) is 18.5. The van der Waals surface area contributed by atoms with Gasteiger partial charge in [0.15, 0.2) is 5.82 Å². The first-order valence-corrected chi connectivity index (χ1v) is 11.4. The number of rotatable bonds is 4. The number of nitrogens with zero attached hydrogens (tertiary/aromatic N) is 4. The summed E-state index contributed by atoms with van der Waals surface area (Å²) in [5.41, 5.74) is 8.43. The van der Waals surface area contributed by atoms with Gasteiger partial charge in [-0.1, -0.05) is 26.0 Å². The molecule has 8 heteroatoms. The lowest BCUT2D eigenvalue weighted by molar-refractivity contribution is -0.00716. The minimum absolute atomic E-state index is 0.198. The summed E-state index contributed by atoms with van der Waals surface area (Å²) in [6.45, 7) is 9.52. The Bertz CT molecular complexity index is 859. The highest BCUT2D eigenvalue weighted by atomic mass is 16.5. The van der Waals surface area contributed by atoms with Crippen LogP contribution in [0.2, 0.25) is 0 Å². The van der Waals surface area contributed by atoms with Gasteiger partial charge in [0.25, 0.3) is 0 Å². The van der Waals surface area contributed by atoms with Crippen LogP contribution in [0.4, 0.5) is 11.5 Å². The molecule has 3 saturated heterocycles. The van der Waals surface area contributed by atoms with Crippen molar-refractivity contribution < 1.29 is 9.84 Å². The fraction of sp³-hybridized carbons (Fsp3) is 0.565. The number of morpholine rings is 1. The Balaban J connectivity index is 0.00000112. The lowest BCUT2D eigenvalue weighted by Crippen LogP contribution is -2.57. The molecule has 3 aliphatic rings. The summed E-state index contributed by atoms with van der Waals surface area (Å²) in [4.78, 5) is 4.97. The number of nitrogens with two attached hydrogens (primary N) is 1. The Morgan fingerprint density at radius 1 is 1.16 bits per heavy atom. The lowest BCUT2D eigenvalue weighted by atomic mass is 10.1. The predicted octanol–water partition coefficient (Wildman–Crippen LogP) is 2.10. The average molecular weight is 427 g/mol. The summed E-state index contributed by atoms with van der Waals surface area (Å²) in [5.74, 6) is 0.639. The molecule has 3 fully saturated rings. The normalized spacial score (nSPS) is 25.7. The van der Waals surface area contributed by atoms with E-state index < -0.39 is 0 Å². The van der Waals surface area contributed by atoms with Crippen molar-refractivity contribution in [3.8, 4) is 17.0 Å². The zero-order valence-electron chi connectivity index (χ0n) is 18.5. The number of phenols is 1. The first-order valence-electron chi connectivity index (χ1n) is 11.4. The van der Waals surface area contributed by atoms with E-state index in [-0.39, 0.29) is 11.9 Å². The molecule has 3 atom stereocenters. The van der Waals surface area contributed by atoms with Crippen molar-refractivity contribution in [2.75, 3.05) is 50.0 Å². The SMILES string of the molecule is CC.Nc1nnc(-c2ccccc2O)cc1N1CC2CCC(C1)N2CC1CNCCO1. The van der Waals surface area contributed by atoms with E-state index in [0.717, 1.165) is 45.0 Å². The van der Waals surface area contributed by atoms with E-state index in [4.69, 9.17) is 10.5 Å². The number of aromatic nitrogens is 2. The van der Waals surface area contributed by atoms with Gasteiger partial charge in [-0.2, -0.15) is 0 Å². The van der Waals surface area contributed by atoms with Crippen LogP contribution in [-0.4, -0.2) is 77.7 Å². The van der Waals surface area contributed by atoms with Crippen LogP contribution in [-0.2, 0) is 4.74 Å². The van der Waals surface area contributed by atoms with Crippen molar-refractivity contribution in [1.29, 1.82) is 0 Å². The molecule has 4 heterocycles. The molecule has 1 aromatic heterocycles.